The van der Waals surface area contributed by atoms with Gasteiger partial charge in [-0.25, -0.2) is 4.39 Å². The van der Waals surface area contributed by atoms with Gasteiger partial charge in [-0.3, -0.25) is 0 Å². The van der Waals surface area contributed by atoms with E-state index in [0.29, 0.717) is 12.2 Å². The number of nitrogens with zero attached hydrogens (tertiary/aromatic N) is 1. The lowest BCUT2D eigenvalue weighted by Gasteiger charge is -2.24. The van der Waals surface area contributed by atoms with Crippen molar-refractivity contribution in [3.63, 3.8) is 0 Å². The maximum absolute atomic E-state index is 13.4. The van der Waals surface area contributed by atoms with Gasteiger partial charge in [0, 0.05) is 20.2 Å². The molecule has 0 fully saturated rings. The van der Waals surface area contributed by atoms with Gasteiger partial charge in [-0.2, -0.15) is 0 Å². The number of rotatable bonds is 5. The van der Waals surface area contributed by atoms with E-state index in [4.69, 9.17) is 5.11 Å². The SMILES string of the molecule is CCC(CO)CN(C)c1ccccc1F. The van der Waals surface area contributed by atoms with Gasteiger partial charge in [0.15, 0.2) is 0 Å². The van der Waals surface area contributed by atoms with Crippen LogP contribution in [0.2, 0.25) is 0 Å². The fourth-order valence-electron chi connectivity index (χ4n) is 1.56. The van der Waals surface area contributed by atoms with Crippen molar-refractivity contribution in [1.82, 2.24) is 0 Å². The summed E-state index contributed by atoms with van der Waals surface area (Å²) in [7, 11) is 1.84. The Bertz CT molecular complexity index is 299. The third kappa shape index (κ3) is 3.20. The van der Waals surface area contributed by atoms with Crippen LogP contribution in [-0.4, -0.2) is 25.3 Å². The second-order valence-corrected chi connectivity index (χ2v) is 3.79. The first-order valence-electron chi connectivity index (χ1n) is 5.25. The van der Waals surface area contributed by atoms with Crippen molar-refractivity contribution in [2.75, 3.05) is 25.1 Å². The molecule has 0 bridgehead atoms. The Morgan fingerprint density at radius 3 is 2.60 bits per heavy atom. The highest BCUT2D eigenvalue weighted by Crippen LogP contribution is 2.18. The Kier molecular flexibility index (Phi) is 4.56. The molecule has 0 saturated carbocycles. The lowest BCUT2D eigenvalue weighted by molar-refractivity contribution is 0.225. The van der Waals surface area contributed by atoms with E-state index < -0.39 is 0 Å². The molecule has 0 spiro atoms. The quantitative estimate of drug-likeness (QED) is 0.807. The first kappa shape index (κ1) is 12.0. The van der Waals surface area contributed by atoms with Gasteiger partial charge in [-0.1, -0.05) is 19.1 Å². The number of benzene rings is 1. The summed E-state index contributed by atoms with van der Waals surface area (Å²) in [5, 5.41) is 9.07. The van der Waals surface area contributed by atoms with E-state index in [1.165, 1.54) is 6.07 Å². The van der Waals surface area contributed by atoms with E-state index >= 15 is 0 Å². The minimum atomic E-state index is -0.215. The van der Waals surface area contributed by atoms with Gasteiger partial charge in [-0.15, -0.1) is 0 Å². The molecule has 1 unspecified atom stereocenters. The summed E-state index contributed by atoms with van der Waals surface area (Å²) in [6.45, 7) is 2.85. The molecule has 0 radical (unpaired) electrons. The molecule has 1 atom stereocenters. The lowest BCUT2D eigenvalue weighted by Crippen LogP contribution is -2.27. The van der Waals surface area contributed by atoms with Gasteiger partial charge < -0.3 is 10.0 Å². The summed E-state index contributed by atoms with van der Waals surface area (Å²) in [4.78, 5) is 1.85. The van der Waals surface area contributed by atoms with Gasteiger partial charge in [0.05, 0.1) is 5.69 Å². The van der Waals surface area contributed by atoms with E-state index in [9.17, 15) is 4.39 Å². The number of anilines is 1. The van der Waals surface area contributed by atoms with Crippen molar-refractivity contribution in [1.29, 1.82) is 0 Å². The fourth-order valence-corrected chi connectivity index (χ4v) is 1.56. The molecule has 0 aromatic heterocycles. The summed E-state index contributed by atoms with van der Waals surface area (Å²) in [6.07, 6.45) is 0.898. The van der Waals surface area contributed by atoms with Crippen molar-refractivity contribution in [3.8, 4) is 0 Å². The molecular weight excluding hydrogens is 193 g/mol. The maximum atomic E-state index is 13.4. The minimum absolute atomic E-state index is 0.148. The van der Waals surface area contributed by atoms with Crippen molar-refractivity contribution >= 4 is 5.69 Å². The van der Waals surface area contributed by atoms with Crippen LogP contribution in [-0.2, 0) is 0 Å². The lowest BCUT2D eigenvalue weighted by atomic mass is 10.1. The smallest absolute Gasteiger partial charge is 0.146 e. The third-order valence-electron chi connectivity index (χ3n) is 2.63. The molecule has 1 aromatic rings. The molecule has 84 valence electrons. The van der Waals surface area contributed by atoms with E-state index in [-0.39, 0.29) is 18.3 Å². The van der Waals surface area contributed by atoms with Crippen LogP contribution in [0.25, 0.3) is 0 Å². The predicted octanol–water partition coefficient (Wildman–Crippen LogP) is 2.28. The van der Waals surface area contributed by atoms with Crippen molar-refractivity contribution in [2.45, 2.75) is 13.3 Å². The summed E-state index contributed by atoms with van der Waals surface area (Å²) >= 11 is 0. The number of hydrogen-bond acceptors (Lipinski definition) is 2. The second kappa shape index (κ2) is 5.71. The number of hydrogen-bond donors (Lipinski definition) is 1. The molecule has 1 N–H and O–H groups in total. The second-order valence-electron chi connectivity index (χ2n) is 3.79. The number of aliphatic hydroxyl groups is 1. The predicted molar refractivity (Wildman–Crippen MR) is 60.5 cm³/mol. The molecule has 1 rings (SSSR count). The third-order valence-corrected chi connectivity index (χ3v) is 2.63. The molecule has 0 aliphatic rings. The molecule has 0 amide bonds. The number of aliphatic hydroxyl groups excluding tert-OH is 1. The molecule has 0 aliphatic heterocycles. The van der Waals surface area contributed by atoms with Crippen molar-refractivity contribution in [3.05, 3.63) is 30.1 Å². The Morgan fingerprint density at radius 2 is 2.07 bits per heavy atom. The van der Waals surface area contributed by atoms with Crippen molar-refractivity contribution < 1.29 is 9.50 Å². The average Bonchev–Trinajstić information content (AvgIpc) is 2.26. The van der Waals surface area contributed by atoms with Crippen LogP contribution in [0.1, 0.15) is 13.3 Å². The topological polar surface area (TPSA) is 23.5 Å². The molecule has 15 heavy (non-hydrogen) atoms. The van der Waals surface area contributed by atoms with Crippen LogP contribution in [0.15, 0.2) is 24.3 Å². The number of halogens is 1. The summed E-state index contributed by atoms with van der Waals surface area (Å²) < 4.78 is 13.4. The van der Waals surface area contributed by atoms with Crippen LogP contribution < -0.4 is 4.90 Å². The highest BCUT2D eigenvalue weighted by atomic mass is 19.1. The normalized spacial score (nSPS) is 12.5. The van der Waals surface area contributed by atoms with Gasteiger partial charge in [0.25, 0.3) is 0 Å². The van der Waals surface area contributed by atoms with Crippen LogP contribution in [0, 0.1) is 11.7 Å². The largest absolute Gasteiger partial charge is 0.396 e. The molecule has 0 heterocycles. The van der Waals surface area contributed by atoms with Crippen LogP contribution >= 0.6 is 0 Å². The van der Waals surface area contributed by atoms with Crippen LogP contribution in [0.5, 0.6) is 0 Å². The summed E-state index contributed by atoms with van der Waals surface area (Å²) in [6, 6.07) is 6.69. The Balaban J connectivity index is 2.68. The van der Waals surface area contributed by atoms with Gasteiger partial charge >= 0.3 is 0 Å². The van der Waals surface area contributed by atoms with E-state index in [0.717, 1.165) is 6.42 Å². The molecule has 2 nitrogen and oxygen atoms in total. The van der Waals surface area contributed by atoms with Gasteiger partial charge in [0.2, 0.25) is 0 Å². The molecule has 0 aliphatic carbocycles. The van der Waals surface area contributed by atoms with E-state index in [1.54, 1.807) is 12.1 Å². The minimum Gasteiger partial charge on any atom is -0.396 e. The standard InChI is InChI=1S/C12H18FNO/c1-3-10(9-15)8-14(2)12-7-5-4-6-11(12)13/h4-7,10,15H,3,8-9H2,1-2H3. The monoisotopic (exact) mass is 211 g/mol. The highest BCUT2D eigenvalue weighted by Gasteiger charge is 2.11. The highest BCUT2D eigenvalue weighted by molar-refractivity contribution is 5.46. The van der Waals surface area contributed by atoms with Crippen molar-refractivity contribution in [2.24, 2.45) is 5.92 Å². The van der Waals surface area contributed by atoms with Gasteiger partial charge in [-0.05, 0) is 24.5 Å². The zero-order valence-electron chi connectivity index (χ0n) is 9.28. The first-order valence-corrected chi connectivity index (χ1v) is 5.25. The molecular formula is C12H18FNO. The Hall–Kier alpha value is -1.09. The van der Waals surface area contributed by atoms with E-state index in [2.05, 4.69) is 0 Å². The molecule has 3 heteroatoms. The maximum Gasteiger partial charge on any atom is 0.146 e. The summed E-state index contributed by atoms with van der Waals surface area (Å²) in [5.41, 5.74) is 0.587. The van der Waals surface area contributed by atoms with E-state index in [1.807, 2.05) is 24.9 Å². The van der Waals surface area contributed by atoms with Crippen LogP contribution in [0.4, 0.5) is 10.1 Å². The zero-order chi connectivity index (χ0) is 11.3. The number of para-hydroxylation sites is 1. The first-order chi connectivity index (χ1) is 7.19. The Morgan fingerprint density at radius 1 is 1.40 bits per heavy atom. The zero-order valence-corrected chi connectivity index (χ0v) is 9.28. The average molecular weight is 211 g/mol. The van der Waals surface area contributed by atoms with Crippen LogP contribution in [0.3, 0.4) is 0 Å². The summed E-state index contributed by atoms with van der Waals surface area (Å²) in [5.74, 6) is -0.0117. The molecule has 1 aromatic carbocycles. The molecule has 0 saturated heterocycles. The fraction of sp³-hybridized carbons (Fsp3) is 0.500. The van der Waals surface area contributed by atoms with Gasteiger partial charge in [0.1, 0.15) is 5.82 Å². The Labute approximate surface area is 90.3 Å².